The molecule has 1 aromatic carbocycles. The van der Waals surface area contributed by atoms with E-state index in [0.29, 0.717) is 0 Å². The molecule has 0 unspecified atom stereocenters. The van der Waals surface area contributed by atoms with E-state index in [1.54, 1.807) is 0 Å². The second-order valence-corrected chi connectivity index (χ2v) is 3.95. The molecule has 0 bridgehead atoms. The van der Waals surface area contributed by atoms with Gasteiger partial charge in [0.1, 0.15) is 0 Å². The van der Waals surface area contributed by atoms with Crippen LogP contribution in [-0.4, -0.2) is 0 Å². The Bertz CT molecular complexity index is 377. The SMILES string of the molecule is C=C(C)c1ccccc1C(C)=C(C)C. The number of rotatable bonds is 2. The Balaban J connectivity index is 3.35. The summed E-state index contributed by atoms with van der Waals surface area (Å²) in [5, 5.41) is 0. The third kappa shape index (κ3) is 2.14. The molecule has 0 radical (unpaired) electrons. The van der Waals surface area contributed by atoms with Gasteiger partial charge in [-0.1, -0.05) is 42.0 Å². The van der Waals surface area contributed by atoms with E-state index in [-0.39, 0.29) is 0 Å². The van der Waals surface area contributed by atoms with Crippen molar-refractivity contribution in [2.75, 3.05) is 0 Å². The minimum atomic E-state index is 1.13. The molecule has 0 saturated heterocycles. The molecule has 0 heterocycles. The van der Waals surface area contributed by atoms with Crippen molar-refractivity contribution in [3.63, 3.8) is 0 Å². The summed E-state index contributed by atoms with van der Waals surface area (Å²) in [6, 6.07) is 8.43. The van der Waals surface area contributed by atoms with Crippen LogP contribution in [0, 0.1) is 0 Å². The first-order valence-electron chi connectivity index (χ1n) is 4.93. The van der Waals surface area contributed by atoms with Crippen molar-refractivity contribution in [2.24, 2.45) is 0 Å². The maximum absolute atomic E-state index is 4.01. The number of hydrogen-bond acceptors (Lipinski definition) is 0. The Hall–Kier alpha value is -1.30. The summed E-state index contributed by atoms with van der Waals surface area (Å²) in [6.45, 7) is 12.5. The summed E-state index contributed by atoms with van der Waals surface area (Å²) in [4.78, 5) is 0. The molecule has 1 aromatic rings. The van der Waals surface area contributed by atoms with E-state index in [9.17, 15) is 0 Å². The summed E-state index contributed by atoms with van der Waals surface area (Å²) in [5.41, 5.74) is 6.40. The molecule has 0 spiro atoms. The fraction of sp³-hybridized carbons (Fsp3) is 0.286. The Labute approximate surface area is 87.0 Å². The van der Waals surface area contributed by atoms with Gasteiger partial charge in [0.15, 0.2) is 0 Å². The molecule has 74 valence electrons. The van der Waals surface area contributed by atoms with Crippen molar-refractivity contribution in [1.82, 2.24) is 0 Å². The first kappa shape index (κ1) is 10.8. The van der Waals surface area contributed by atoms with E-state index in [0.717, 1.165) is 5.57 Å². The van der Waals surface area contributed by atoms with Crippen molar-refractivity contribution in [3.05, 3.63) is 47.5 Å². The molecule has 0 aliphatic carbocycles. The first-order valence-corrected chi connectivity index (χ1v) is 4.93. The Morgan fingerprint density at radius 1 is 0.929 bits per heavy atom. The zero-order valence-corrected chi connectivity index (χ0v) is 9.52. The Morgan fingerprint density at radius 3 is 1.86 bits per heavy atom. The Morgan fingerprint density at radius 2 is 1.43 bits per heavy atom. The topological polar surface area (TPSA) is 0 Å². The van der Waals surface area contributed by atoms with Crippen molar-refractivity contribution in [2.45, 2.75) is 27.7 Å². The lowest BCUT2D eigenvalue weighted by atomic mass is 9.94. The molecule has 0 fully saturated rings. The van der Waals surface area contributed by atoms with Crippen LogP contribution in [0.2, 0.25) is 0 Å². The van der Waals surface area contributed by atoms with Crippen LogP contribution in [-0.2, 0) is 0 Å². The molecule has 1 rings (SSSR count). The van der Waals surface area contributed by atoms with Gasteiger partial charge in [-0.15, -0.1) is 0 Å². The van der Waals surface area contributed by atoms with Gasteiger partial charge in [-0.25, -0.2) is 0 Å². The minimum absolute atomic E-state index is 1.13. The van der Waals surface area contributed by atoms with Crippen molar-refractivity contribution in [3.8, 4) is 0 Å². The predicted octanol–water partition coefficient (Wildman–Crippen LogP) is 4.53. The fourth-order valence-corrected chi connectivity index (χ4v) is 1.45. The molecular formula is C14H18. The summed E-state index contributed by atoms with van der Waals surface area (Å²) in [7, 11) is 0. The lowest BCUT2D eigenvalue weighted by Crippen LogP contribution is -1.89. The van der Waals surface area contributed by atoms with Crippen LogP contribution in [0.3, 0.4) is 0 Å². The Kier molecular flexibility index (Phi) is 3.29. The molecule has 0 saturated carbocycles. The second-order valence-electron chi connectivity index (χ2n) is 3.95. The van der Waals surface area contributed by atoms with Gasteiger partial charge >= 0.3 is 0 Å². The average Bonchev–Trinajstić information content (AvgIpc) is 2.16. The lowest BCUT2D eigenvalue weighted by Gasteiger charge is -2.10. The quantitative estimate of drug-likeness (QED) is 0.636. The van der Waals surface area contributed by atoms with E-state index in [2.05, 4.69) is 58.5 Å². The molecule has 0 aliphatic heterocycles. The first-order chi connectivity index (χ1) is 6.54. The highest BCUT2D eigenvalue weighted by Crippen LogP contribution is 2.25. The molecule has 0 heteroatoms. The largest absolute Gasteiger partial charge is 0.0955 e. The normalized spacial score (nSPS) is 9.71. The van der Waals surface area contributed by atoms with E-state index < -0.39 is 0 Å². The molecule has 14 heavy (non-hydrogen) atoms. The molecule has 0 nitrogen and oxygen atoms in total. The van der Waals surface area contributed by atoms with Gasteiger partial charge in [-0.2, -0.15) is 0 Å². The predicted molar refractivity (Wildman–Crippen MR) is 65.1 cm³/mol. The highest BCUT2D eigenvalue weighted by molar-refractivity contribution is 5.78. The van der Waals surface area contributed by atoms with Crippen molar-refractivity contribution < 1.29 is 0 Å². The van der Waals surface area contributed by atoms with Gasteiger partial charge in [0.25, 0.3) is 0 Å². The van der Waals surface area contributed by atoms with Crippen LogP contribution in [0.1, 0.15) is 38.8 Å². The standard InChI is InChI=1S/C14H18/c1-10(2)12(5)14-9-7-6-8-13(14)11(3)4/h6-9H,3H2,1-2,4-5H3. The number of benzene rings is 1. The fourth-order valence-electron chi connectivity index (χ4n) is 1.45. The number of allylic oxidation sites excluding steroid dienone is 3. The summed E-state index contributed by atoms with van der Waals surface area (Å²) in [5.74, 6) is 0. The third-order valence-corrected chi connectivity index (χ3v) is 2.54. The van der Waals surface area contributed by atoms with E-state index in [1.165, 1.54) is 22.3 Å². The molecule has 0 aromatic heterocycles. The van der Waals surface area contributed by atoms with E-state index in [4.69, 9.17) is 0 Å². The van der Waals surface area contributed by atoms with E-state index in [1.807, 2.05) is 0 Å². The zero-order chi connectivity index (χ0) is 10.7. The average molecular weight is 186 g/mol. The van der Waals surface area contributed by atoms with Crippen LogP contribution in [0.5, 0.6) is 0 Å². The molecule has 0 aliphatic rings. The molecule has 0 amide bonds. The van der Waals surface area contributed by atoms with Crippen LogP contribution in [0.15, 0.2) is 36.4 Å². The smallest absolute Gasteiger partial charge is 0.0153 e. The van der Waals surface area contributed by atoms with E-state index >= 15 is 0 Å². The van der Waals surface area contributed by atoms with Gasteiger partial charge in [0.2, 0.25) is 0 Å². The summed E-state index contributed by atoms with van der Waals surface area (Å²) in [6.07, 6.45) is 0. The van der Waals surface area contributed by atoms with Gasteiger partial charge < -0.3 is 0 Å². The summed E-state index contributed by atoms with van der Waals surface area (Å²) >= 11 is 0. The van der Waals surface area contributed by atoms with Crippen LogP contribution in [0.4, 0.5) is 0 Å². The minimum Gasteiger partial charge on any atom is -0.0955 e. The van der Waals surface area contributed by atoms with Crippen molar-refractivity contribution in [1.29, 1.82) is 0 Å². The second kappa shape index (κ2) is 4.28. The van der Waals surface area contributed by atoms with Gasteiger partial charge in [-0.3, -0.25) is 0 Å². The van der Waals surface area contributed by atoms with Crippen molar-refractivity contribution >= 4 is 11.1 Å². The summed E-state index contributed by atoms with van der Waals surface area (Å²) < 4.78 is 0. The molecular weight excluding hydrogens is 168 g/mol. The number of hydrogen-bond donors (Lipinski definition) is 0. The maximum atomic E-state index is 4.01. The zero-order valence-electron chi connectivity index (χ0n) is 9.52. The lowest BCUT2D eigenvalue weighted by molar-refractivity contribution is 1.35. The van der Waals surface area contributed by atoms with Gasteiger partial charge in [0, 0.05) is 0 Å². The highest BCUT2D eigenvalue weighted by atomic mass is 14.1. The maximum Gasteiger partial charge on any atom is -0.0153 e. The van der Waals surface area contributed by atoms with Crippen LogP contribution >= 0.6 is 0 Å². The third-order valence-electron chi connectivity index (χ3n) is 2.54. The van der Waals surface area contributed by atoms with Gasteiger partial charge in [0.05, 0.1) is 0 Å². The molecule has 0 N–H and O–H groups in total. The van der Waals surface area contributed by atoms with Gasteiger partial charge in [-0.05, 0) is 44.4 Å². The monoisotopic (exact) mass is 186 g/mol. The van der Waals surface area contributed by atoms with Crippen LogP contribution in [0.25, 0.3) is 11.1 Å². The highest BCUT2D eigenvalue weighted by Gasteiger charge is 2.04. The molecule has 0 atom stereocenters. The van der Waals surface area contributed by atoms with Crippen LogP contribution < -0.4 is 0 Å².